The van der Waals surface area contributed by atoms with E-state index in [1.165, 1.54) is 22.5 Å². The molecule has 0 bridgehead atoms. The highest BCUT2D eigenvalue weighted by Gasteiger charge is 2.30. The predicted octanol–water partition coefficient (Wildman–Crippen LogP) is 3.04. The quantitative estimate of drug-likeness (QED) is 0.746. The maximum atomic E-state index is 10.9. The highest BCUT2D eigenvalue weighted by atomic mass is 32.1. The fourth-order valence-corrected chi connectivity index (χ4v) is 4.55. The van der Waals surface area contributed by atoms with Crippen molar-refractivity contribution in [3.8, 4) is 5.88 Å². The first-order valence-corrected chi connectivity index (χ1v) is 10.0. The summed E-state index contributed by atoms with van der Waals surface area (Å²) in [6.45, 7) is 7.28. The van der Waals surface area contributed by atoms with Gasteiger partial charge in [-0.05, 0) is 17.5 Å². The Morgan fingerprint density at radius 1 is 1.15 bits per heavy atom. The van der Waals surface area contributed by atoms with Gasteiger partial charge in [0.15, 0.2) is 5.82 Å². The minimum Gasteiger partial charge on any atom is -0.492 e. The summed E-state index contributed by atoms with van der Waals surface area (Å²) in [5.74, 6) is 0.960. The van der Waals surface area contributed by atoms with Gasteiger partial charge >= 0.3 is 0 Å². The van der Waals surface area contributed by atoms with Crippen LogP contribution in [0, 0.1) is 0 Å². The van der Waals surface area contributed by atoms with Gasteiger partial charge in [-0.25, -0.2) is 4.98 Å². The van der Waals surface area contributed by atoms with Gasteiger partial charge in [0.1, 0.15) is 0 Å². The molecule has 7 heteroatoms. The molecule has 0 radical (unpaired) electrons. The van der Waals surface area contributed by atoms with E-state index < -0.39 is 0 Å². The molecule has 3 heterocycles. The standard InChI is InChI=1S/C19H24N4O2S/c1-3-13-5-7-14(8-6-13)16(22-9-11-25-12-10-22)17-18(24)23-19(26-17)20-15(4-2)21-23/h5-8,16,24H,3-4,9-12H2,1-2H3/t16-/m1/s1. The van der Waals surface area contributed by atoms with Crippen LogP contribution in [0.1, 0.15) is 41.7 Å². The molecule has 1 fully saturated rings. The second-order valence-electron chi connectivity index (χ2n) is 6.51. The summed E-state index contributed by atoms with van der Waals surface area (Å²) in [4.78, 5) is 8.54. The van der Waals surface area contributed by atoms with Crippen LogP contribution >= 0.6 is 11.3 Å². The van der Waals surface area contributed by atoms with Gasteiger partial charge in [0.05, 0.1) is 24.1 Å². The number of nitrogens with zero attached hydrogens (tertiary/aromatic N) is 4. The van der Waals surface area contributed by atoms with Crippen LogP contribution in [-0.4, -0.2) is 50.9 Å². The lowest BCUT2D eigenvalue weighted by molar-refractivity contribution is 0.0241. The van der Waals surface area contributed by atoms with E-state index in [-0.39, 0.29) is 11.9 Å². The van der Waals surface area contributed by atoms with E-state index in [1.54, 1.807) is 4.52 Å². The Hall–Kier alpha value is -1.96. The molecule has 1 saturated heterocycles. The van der Waals surface area contributed by atoms with E-state index in [0.717, 1.165) is 41.6 Å². The molecule has 1 aromatic carbocycles. The number of aromatic hydroxyl groups is 1. The summed E-state index contributed by atoms with van der Waals surface area (Å²) < 4.78 is 7.11. The Kier molecular flexibility index (Phi) is 4.93. The Balaban J connectivity index is 1.78. The molecule has 0 unspecified atom stereocenters. The zero-order valence-corrected chi connectivity index (χ0v) is 16.0. The molecule has 0 spiro atoms. The van der Waals surface area contributed by atoms with E-state index in [2.05, 4.69) is 46.2 Å². The van der Waals surface area contributed by atoms with Crippen LogP contribution in [0.3, 0.4) is 0 Å². The van der Waals surface area contributed by atoms with Crippen molar-refractivity contribution in [2.45, 2.75) is 32.7 Å². The van der Waals surface area contributed by atoms with Gasteiger partial charge in [0, 0.05) is 19.5 Å². The summed E-state index contributed by atoms with van der Waals surface area (Å²) >= 11 is 1.52. The molecule has 1 atom stereocenters. The van der Waals surface area contributed by atoms with E-state index in [0.29, 0.717) is 13.2 Å². The predicted molar refractivity (Wildman–Crippen MR) is 102 cm³/mol. The van der Waals surface area contributed by atoms with Gasteiger partial charge in [-0.1, -0.05) is 49.4 Å². The maximum absolute atomic E-state index is 10.9. The molecule has 138 valence electrons. The molecule has 6 nitrogen and oxygen atoms in total. The molecule has 1 aliphatic heterocycles. The monoisotopic (exact) mass is 372 g/mol. The number of aryl methyl sites for hydroxylation is 2. The molecule has 0 saturated carbocycles. The van der Waals surface area contributed by atoms with Crippen LogP contribution in [0.2, 0.25) is 0 Å². The fourth-order valence-electron chi connectivity index (χ4n) is 3.42. The van der Waals surface area contributed by atoms with Crippen LogP contribution in [0.25, 0.3) is 4.96 Å². The van der Waals surface area contributed by atoms with Crippen molar-refractivity contribution < 1.29 is 9.84 Å². The second kappa shape index (κ2) is 7.34. The highest BCUT2D eigenvalue weighted by Crippen LogP contribution is 2.40. The van der Waals surface area contributed by atoms with Crippen molar-refractivity contribution >= 4 is 16.3 Å². The van der Waals surface area contributed by atoms with E-state index in [1.807, 2.05) is 6.92 Å². The van der Waals surface area contributed by atoms with Crippen molar-refractivity contribution in [2.75, 3.05) is 26.3 Å². The molecular weight excluding hydrogens is 348 g/mol. The third-order valence-electron chi connectivity index (χ3n) is 4.92. The Bertz CT molecular complexity index is 881. The number of benzene rings is 1. The molecule has 1 aliphatic rings. The van der Waals surface area contributed by atoms with Crippen LogP contribution in [0.5, 0.6) is 5.88 Å². The number of fused-ring (bicyclic) bond motifs is 1. The molecule has 1 N–H and O–H groups in total. The van der Waals surface area contributed by atoms with Crippen molar-refractivity contribution in [1.29, 1.82) is 0 Å². The molecule has 26 heavy (non-hydrogen) atoms. The zero-order valence-electron chi connectivity index (χ0n) is 15.2. The number of hydrogen-bond donors (Lipinski definition) is 1. The molecule has 4 rings (SSSR count). The lowest BCUT2D eigenvalue weighted by atomic mass is 10.0. The zero-order chi connectivity index (χ0) is 18.1. The molecule has 2 aromatic heterocycles. The number of ether oxygens (including phenoxy) is 1. The van der Waals surface area contributed by atoms with Gasteiger partial charge < -0.3 is 9.84 Å². The summed E-state index contributed by atoms with van der Waals surface area (Å²) in [6.07, 6.45) is 1.78. The van der Waals surface area contributed by atoms with E-state index in [4.69, 9.17) is 4.74 Å². The number of morpholine rings is 1. The first-order valence-electron chi connectivity index (χ1n) is 9.19. The maximum Gasteiger partial charge on any atom is 0.230 e. The number of rotatable bonds is 5. The first-order chi connectivity index (χ1) is 12.7. The van der Waals surface area contributed by atoms with E-state index in [9.17, 15) is 5.11 Å². The van der Waals surface area contributed by atoms with E-state index >= 15 is 0 Å². The van der Waals surface area contributed by atoms with Gasteiger partial charge in [-0.3, -0.25) is 4.90 Å². The topological polar surface area (TPSA) is 62.9 Å². The number of hydrogen-bond acceptors (Lipinski definition) is 6. The Labute approximate surface area is 157 Å². The van der Waals surface area contributed by atoms with Gasteiger partial charge in [-0.15, -0.1) is 5.10 Å². The van der Waals surface area contributed by atoms with Crippen molar-refractivity contribution in [3.05, 3.63) is 46.1 Å². The van der Waals surface area contributed by atoms with Gasteiger partial charge in [0.2, 0.25) is 10.8 Å². The minimum absolute atomic E-state index is 0.0108. The SMILES string of the molecule is CCc1ccc([C@H](c2sc3nc(CC)nn3c2O)N2CCOCC2)cc1. The normalized spacial score (nSPS) is 17.0. The van der Waals surface area contributed by atoms with Gasteiger partial charge in [0.25, 0.3) is 0 Å². The highest BCUT2D eigenvalue weighted by molar-refractivity contribution is 7.17. The van der Waals surface area contributed by atoms with Crippen molar-refractivity contribution in [2.24, 2.45) is 0 Å². The largest absolute Gasteiger partial charge is 0.492 e. The lowest BCUT2D eigenvalue weighted by Crippen LogP contribution is -2.39. The molecule has 3 aromatic rings. The summed E-state index contributed by atoms with van der Waals surface area (Å²) in [6, 6.07) is 8.68. The summed E-state index contributed by atoms with van der Waals surface area (Å²) in [5, 5.41) is 15.3. The Morgan fingerprint density at radius 3 is 2.50 bits per heavy atom. The fraction of sp³-hybridized carbons (Fsp3) is 0.474. The Morgan fingerprint density at radius 2 is 1.88 bits per heavy atom. The lowest BCUT2D eigenvalue weighted by Gasteiger charge is -2.34. The van der Waals surface area contributed by atoms with Crippen LogP contribution < -0.4 is 0 Å². The third kappa shape index (κ3) is 3.11. The van der Waals surface area contributed by atoms with Gasteiger partial charge in [-0.2, -0.15) is 4.52 Å². The average molecular weight is 372 g/mol. The van der Waals surface area contributed by atoms with Crippen LogP contribution in [-0.2, 0) is 17.6 Å². The summed E-state index contributed by atoms with van der Waals surface area (Å²) in [7, 11) is 0. The van der Waals surface area contributed by atoms with Crippen molar-refractivity contribution in [3.63, 3.8) is 0 Å². The van der Waals surface area contributed by atoms with Crippen LogP contribution in [0.15, 0.2) is 24.3 Å². The number of thiazole rings is 1. The third-order valence-corrected chi connectivity index (χ3v) is 6.00. The average Bonchev–Trinajstić information content (AvgIpc) is 3.23. The first kappa shape index (κ1) is 17.5. The minimum atomic E-state index is -0.0108. The second-order valence-corrected chi connectivity index (χ2v) is 7.52. The molecule has 0 aliphatic carbocycles. The molecular formula is C19H24N4O2S. The molecule has 0 amide bonds. The van der Waals surface area contributed by atoms with Crippen LogP contribution in [0.4, 0.5) is 0 Å². The summed E-state index contributed by atoms with van der Waals surface area (Å²) in [5.41, 5.74) is 2.49. The van der Waals surface area contributed by atoms with Crippen molar-refractivity contribution in [1.82, 2.24) is 19.5 Å². The number of aromatic nitrogens is 3. The smallest absolute Gasteiger partial charge is 0.230 e.